The van der Waals surface area contributed by atoms with E-state index in [9.17, 15) is 4.79 Å². The number of anilines is 1. The number of aryl methyl sites for hydroxylation is 2. The van der Waals surface area contributed by atoms with Crippen LogP contribution in [0.3, 0.4) is 0 Å². The predicted octanol–water partition coefficient (Wildman–Crippen LogP) is 3.33. The van der Waals surface area contributed by atoms with E-state index < -0.39 is 0 Å². The molecule has 0 radical (unpaired) electrons. The highest BCUT2D eigenvalue weighted by Crippen LogP contribution is 2.36. The number of carbonyl (C=O) groups excluding carboxylic acids is 1. The van der Waals surface area contributed by atoms with Crippen LogP contribution in [0.15, 0.2) is 18.2 Å². The number of nitrogens with one attached hydrogen (secondary N) is 1. The van der Waals surface area contributed by atoms with E-state index in [1.165, 1.54) is 23.1 Å². The van der Waals surface area contributed by atoms with Gasteiger partial charge in [-0.3, -0.25) is 9.69 Å². The lowest BCUT2D eigenvalue weighted by Crippen LogP contribution is -2.27. The Labute approximate surface area is 184 Å². The third kappa shape index (κ3) is 4.66. The molecule has 0 bridgehead atoms. The van der Waals surface area contributed by atoms with Gasteiger partial charge in [-0.1, -0.05) is 6.07 Å². The van der Waals surface area contributed by atoms with Gasteiger partial charge in [0, 0.05) is 39.2 Å². The molecule has 1 fully saturated rings. The first-order valence-electron chi connectivity index (χ1n) is 11.2. The highest BCUT2D eigenvalue weighted by atomic mass is 16.5. The van der Waals surface area contributed by atoms with Crippen molar-refractivity contribution >= 4 is 11.7 Å². The first kappa shape index (κ1) is 21.6. The summed E-state index contributed by atoms with van der Waals surface area (Å²) in [7, 11) is 5.43. The molecule has 0 unspecified atom stereocenters. The fraction of sp³-hybridized carbons (Fsp3) is 0.542. The fourth-order valence-corrected chi connectivity index (χ4v) is 4.72. The largest absolute Gasteiger partial charge is 0.496 e. The number of aromatic nitrogens is 2. The van der Waals surface area contributed by atoms with Gasteiger partial charge >= 0.3 is 0 Å². The Morgan fingerprint density at radius 3 is 2.71 bits per heavy atom. The molecule has 1 N–H and O–H groups in total. The van der Waals surface area contributed by atoms with Crippen molar-refractivity contribution in [1.29, 1.82) is 0 Å². The van der Waals surface area contributed by atoms with Crippen molar-refractivity contribution in [3.05, 3.63) is 46.4 Å². The summed E-state index contributed by atoms with van der Waals surface area (Å²) in [6, 6.07) is 6.66. The molecule has 2 aliphatic rings. The maximum Gasteiger partial charge on any atom is 0.219 e. The van der Waals surface area contributed by atoms with E-state index in [2.05, 4.69) is 22.3 Å². The maximum absolute atomic E-state index is 11.7. The van der Waals surface area contributed by atoms with Crippen LogP contribution in [0.5, 0.6) is 5.75 Å². The van der Waals surface area contributed by atoms with Gasteiger partial charge in [-0.25, -0.2) is 9.97 Å². The van der Waals surface area contributed by atoms with Crippen LogP contribution in [-0.4, -0.2) is 53.4 Å². The molecule has 0 spiro atoms. The van der Waals surface area contributed by atoms with E-state index in [1.807, 2.05) is 13.1 Å². The number of benzene rings is 1. The number of amides is 1. The second-order valence-corrected chi connectivity index (χ2v) is 8.64. The lowest BCUT2D eigenvalue weighted by atomic mass is 10.0. The Kier molecular flexibility index (Phi) is 6.41. The Morgan fingerprint density at radius 1 is 1.23 bits per heavy atom. The number of methoxy groups -OCH3 is 1. The van der Waals surface area contributed by atoms with Crippen LogP contribution in [0.1, 0.15) is 60.4 Å². The minimum atomic E-state index is 0.0253. The van der Waals surface area contributed by atoms with Gasteiger partial charge in [-0.2, -0.15) is 0 Å². The zero-order valence-corrected chi connectivity index (χ0v) is 19.1. The van der Waals surface area contributed by atoms with Gasteiger partial charge in [0.2, 0.25) is 5.91 Å². The molecule has 166 valence electrons. The topological polar surface area (TPSA) is 70.6 Å². The van der Waals surface area contributed by atoms with Gasteiger partial charge in [0.15, 0.2) is 0 Å². The Bertz CT molecular complexity index is 961. The third-order valence-corrected chi connectivity index (χ3v) is 6.52. The standard InChI is InChI=1S/C24H33N5O2/c1-16(30)28(3)15-20-13-23(25-2)27-24(26-20)21-9-6-10-29(21)14-19-11-17-7-5-8-18(17)12-22(19)31-4/h11-13,21H,5-10,14-15H2,1-4H3,(H,25,26,27)/t21-/m0/s1. The fourth-order valence-electron chi connectivity index (χ4n) is 4.72. The molecule has 0 saturated carbocycles. The molecule has 1 atom stereocenters. The first-order chi connectivity index (χ1) is 15.0. The van der Waals surface area contributed by atoms with Crippen LogP contribution in [0.2, 0.25) is 0 Å². The molecule has 2 aromatic rings. The molecular weight excluding hydrogens is 390 g/mol. The molecule has 7 nitrogen and oxygen atoms in total. The molecular formula is C24H33N5O2. The number of likely N-dealkylation sites (tertiary alicyclic amines) is 1. The van der Waals surface area contributed by atoms with Gasteiger partial charge in [0.1, 0.15) is 17.4 Å². The van der Waals surface area contributed by atoms with Crippen LogP contribution < -0.4 is 10.1 Å². The van der Waals surface area contributed by atoms with Crippen molar-refractivity contribution in [2.45, 2.75) is 58.2 Å². The second-order valence-electron chi connectivity index (χ2n) is 8.64. The van der Waals surface area contributed by atoms with E-state index in [-0.39, 0.29) is 11.9 Å². The van der Waals surface area contributed by atoms with Crippen LogP contribution in [-0.2, 0) is 30.7 Å². The second kappa shape index (κ2) is 9.22. The molecule has 31 heavy (non-hydrogen) atoms. The summed E-state index contributed by atoms with van der Waals surface area (Å²) in [4.78, 5) is 25.5. The molecule has 1 aromatic carbocycles. The number of hydrogen-bond donors (Lipinski definition) is 1. The molecule has 1 aliphatic heterocycles. The highest BCUT2D eigenvalue weighted by molar-refractivity contribution is 5.72. The number of ether oxygens (including phenoxy) is 1. The number of nitrogens with zero attached hydrogens (tertiary/aromatic N) is 4. The SMILES string of the molecule is CNc1cc(CN(C)C(C)=O)nc([C@@H]2CCCN2Cc2cc3c(cc2OC)CCC3)n1. The normalized spacial score (nSPS) is 18.1. The third-order valence-electron chi connectivity index (χ3n) is 6.52. The average molecular weight is 424 g/mol. The summed E-state index contributed by atoms with van der Waals surface area (Å²) >= 11 is 0. The van der Waals surface area contributed by atoms with E-state index in [0.29, 0.717) is 6.54 Å². The van der Waals surface area contributed by atoms with Crippen molar-refractivity contribution in [3.8, 4) is 5.75 Å². The maximum atomic E-state index is 11.7. The summed E-state index contributed by atoms with van der Waals surface area (Å²) in [6.07, 6.45) is 5.70. The Morgan fingerprint density at radius 2 is 2.00 bits per heavy atom. The summed E-state index contributed by atoms with van der Waals surface area (Å²) in [5.41, 5.74) is 5.00. The van der Waals surface area contributed by atoms with Gasteiger partial charge in [0.25, 0.3) is 0 Å². The van der Waals surface area contributed by atoms with E-state index in [4.69, 9.17) is 14.7 Å². The average Bonchev–Trinajstić information content (AvgIpc) is 3.41. The molecule has 2 heterocycles. The molecule has 1 aliphatic carbocycles. The van der Waals surface area contributed by atoms with Crippen LogP contribution in [0.4, 0.5) is 5.82 Å². The van der Waals surface area contributed by atoms with Crippen molar-refractivity contribution < 1.29 is 9.53 Å². The van der Waals surface area contributed by atoms with Crippen molar-refractivity contribution in [2.75, 3.05) is 33.1 Å². The van der Waals surface area contributed by atoms with Crippen molar-refractivity contribution in [2.24, 2.45) is 0 Å². The smallest absolute Gasteiger partial charge is 0.219 e. The van der Waals surface area contributed by atoms with Crippen molar-refractivity contribution in [1.82, 2.24) is 19.8 Å². The van der Waals surface area contributed by atoms with Gasteiger partial charge in [-0.15, -0.1) is 0 Å². The van der Waals surface area contributed by atoms with E-state index in [0.717, 1.165) is 61.9 Å². The highest BCUT2D eigenvalue weighted by Gasteiger charge is 2.30. The summed E-state index contributed by atoms with van der Waals surface area (Å²) < 4.78 is 5.74. The van der Waals surface area contributed by atoms with Gasteiger partial charge in [-0.05, 0) is 55.8 Å². The number of carbonyl (C=O) groups is 1. The monoisotopic (exact) mass is 423 g/mol. The van der Waals surface area contributed by atoms with Crippen LogP contribution >= 0.6 is 0 Å². The number of fused-ring (bicyclic) bond motifs is 1. The number of hydrogen-bond acceptors (Lipinski definition) is 6. The zero-order chi connectivity index (χ0) is 22.0. The van der Waals surface area contributed by atoms with Crippen LogP contribution in [0, 0.1) is 0 Å². The summed E-state index contributed by atoms with van der Waals surface area (Å²) in [5, 5.41) is 3.15. The quantitative estimate of drug-likeness (QED) is 0.737. The summed E-state index contributed by atoms with van der Waals surface area (Å²) in [6.45, 7) is 3.90. The van der Waals surface area contributed by atoms with E-state index in [1.54, 1.807) is 26.0 Å². The Balaban J connectivity index is 1.59. The molecule has 1 amide bonds. The molecule has 4 rings (SSSR count). The molecule has 1 aromatic heterocycles. The van der Waals surface area contributed by atoms with E-state index >= 15 is 0 Å². The lowest BCUT2D eigenvalue weighted by molar-refractivity contribution is -0.128. The number of rotatable bonds is 7. The molecule has 7 heteroatoms. The summed E-state index contributed by atoms with van der Waals surface area (Å²) in [5.74, 6) is 2.63. The van der Waals surface area contributed by atoms with Gasteiger partial charge in [0.05, 0.1) is 25.4 Å². The predicted molar refractivity (Wildman–Crippen MR) is 121 cm³/mol. The zero-order valence-electron chi connectivity index (χ0n) is 19.1. The van der Waals surface area contributed by atoms with Crippen molar-refractivity contribution in [3.63, 3.8) is 0 Å². The van der Waals surface area contributed by atoms with Crippen LogP contribution in [0.25, 0.3) is 0 Å². The molecule has 1 saturated heterocycles. The minimum absolute atomic E-state index is 0.0253. The minimum Gasteiger partial charge on any atom is -0.496 e. The lowest BCUT2D eigenvalue weighted by Gasteiger charge is -2.25. The first-order valence-corrected chi connectivity index (χ1v) is 11.2. The van der Waals surface area contributed by atoms with Gasteiger partial charge < -0.3 is 15.0 Å². The Hall–Kier alpha value is -2.67.